The number of rotatable bonds is 3. The summed E-state index contributed by atoms with van der Waals surface area (Å²) in [5, 5.41) is 21.7. The number of phenolic OH excluding ortho intramolecular Hbond substituents is 1. The summed E-state index contributed by atoms with van der Waals surface area (Å²) >= 11 is 5.69. The van der Waals surface area contributed by atoms with Crippen LogP contribution in [0.25, 0.3) is 0 Å². The van der Waals surface area contributed by atoms with Crippen LogP contribution in [0.15, 0.2) is 18.2 Å². The lowest BCUT2D eigenvalue weighted by Gasteiger charge is -2.20. The second kappa shape index (κ2) is 5.50. The largest absolute Gasteiger partial charge is 0.506 e. The van der Waals surface area contributed by atoms with Crippen LogP contribution >= 0.6 is 11.6 Å². The van der Waals surface area contributed by atoms with Gasteiger partial charge in [0.25, 0.3) is 5.91 Å². The lowest BCUT2D eigenvalue weighted by Crippen LogP contribution is -2.35. The van der Waals surface area contributed by atoms with Crippen LogP contribution in [-0.4, -0.2) is 17.6 Å². The number of hydrogen-bond acceptors (Lipinski definition) is 3. The van der Waals surface area contributed by atoms with E-state index in [2.05, 4.69) is 11.4 Å². The Morgan fingerprint density at radius 1 is 1.47 bits per heavy atom. The zero-order chi connectivity index (χ0) is 13.9. The molecular formula is C14H15ClN2O2. The minimum atomic E-state index is -0.426. The lowest BCUT2D eigenvalue weighted by atomic mass is 9.88. The molecule has 0 aromatic heterocycles. The van der Waals surface area contributed by atoms with Crippen LogP contribution in [0.5, 0.6) is 5.75 Å². The maximum Gasteiger partial charge on any atom is 0.251 e. The number of carbonyl (C=O) groups excluding carboxylic acids is 1. The highest BCUT2D eigenvalue weighted by molar-refractivity contribution is 6.32. The van der Waals surface area contributed by atoms with E-state index < -0.39 is 5.41 Å². The highest BCUT2D eigenvalue weighted by atomic mass is 35.5. The Bertz CT molecular complexity index is 531. The molecule has 1 aromatic carbocycles. The molecule has 2 rings (SSSR count). The minimum absolute atomic E-state index is 0.120. The molecule has 1 saturated carbocycles. The van der Waals surface area contributed by atoms with Crippen LogP contribution in [-0.2, 0) is 0 Å². The molecule has 19 heavy (non-hydrogen) atoms. The quantitative estimate of drug-likeness (QED) is 0.893. The van der Waals surface area contributed by atoms with Gasteiger partial charge in [0.05, 0.1) is 16.5 Å². The van der Waals surface area contributed by atoms with Crippen molar-refractivity contribution < 1.29 is 9.90 Å². The van der Waals surface area contributed by atoms with E-state index in [0.29, 0.717) is 12.1 Å². The van der Waals surface area contributed by atoms with Crippen molar-refractivity contribution in [2.24, 2.45) is 5.41 Å². The number of halogens is 1. The molecule has 100 valence electrons. The fourth-order valence-corrected chi connectivity index (χ4v) is 2.50. The van der Waals surface area contributed by atoms with E-state index in [-0.39, 0.29) is 16.7 Å². The van der Waals surface area contributed by atoms with Crippen molar-refractivity contribution in [3.8, 4) is 11.8 Å². The number of amides is 1. The highest BCUT2D eigenvalue weighted by Gasteiger charge is 2.34. The zero-order valence-electron chi connectivity index (χ0n) is 10.4. The maximum absolute atomic E-state index is 11.9. The van der Waals surface area contributed by atoms with Gasteiger partial charge in [0.2, 0.25) is 0 Å². The molecule has 0 unspecified atom stereocenters. The minimum Gasteiger partial charge on any atom is -0.506 e. The fourth-order valence-electron chi connectivity index (χ4n) is 2.39. The Hall–Kier alpha value is -1.73. The first kappa shape index (κ1) is 13.7. The van der Waals surface area contributed by atoms with Gasteiger partial charge in [0, 0.05) is 12.1 Å². The third-order valence-electron chi connectivity index (χ3n) is 3.59. The molecule has 0 radical (unpaired) electrons. The van der Waals surface area contributed by atoms with E-state index in [1.54, 1.807) is 6.07 Å². The van der Waals surface area contributed by atoms with Gasteiger partial charge in [-0.15, -0.1) is 0 Å². The number of nitrogens with zero attached hydrogens (tertiary/aromatic N) is 1. The van der Waals surface area contributed by atoms with Gasteiger partial charge in [0.15, 0.2) is 0 Å². The van der Waals surface area contributed by atoms with Gasteiger partial charge in [0.1, 0.15) is 5.75 Å². The lowest BCUT2D eigenvalue weighted by molar-refractivity contribution is 0.0940. The summed E-state index contributed by atoms with van der Waals surface area (Å²) < 4.78 is 0. The van der Waals surface area contributed by atoms with Gasteiger partial charge < -0.3 is 10.4 Å². The number of carbonyl (C=O) groups is 1. The maximum atomic E-state index is 11.9. The molecule has 0 heterocycles. The van der Waals surface area contributed by atoms with E-state index in [4.69, 9.17) is 11.6 Å². The Kier molecular flexibility index (Phi) is 3.96. The summed E-state index contributed by atoms with van der Waals surface area (Å²) in [6.07, 6.45) is 3.72. The van der Waals surface area contributed by atoms with Crippen LogP contribution in [0.4, 0.5) is 0 Å². The first-order chi connectivity index (χ1) is 9.06. The number of aromatic hydroxyl groups is 1. The van der Waals surface area contributed by atoms with Crippen LogP contribution in [0.2, 0.25) is 5.02 Å². The number of phenols is 1. The Balaban J connectivity index is 2.01. The molecule has 1 amide bonds. The second-order valence-corrected chi connectivity index (χ2v) is 5.36. The molecule has 1 aliphatic rings. The van der Waals surface area contributed by atoms with E-state index in [1.807, 2.05) is 0 Å². The van der Waals surface area contributed by atoms with Gasteiger partial charge in [-0.1, -0.05) is 24.4 Å². The van der Waals surface area contributed by atoms with Gasteiger partial charge in [-0.25, -0.2) is 0 Å². The van der Waals surface area contributed by atoms with Crippen molar-refractivity contribution in [3.63, 3.8) is 0 Å². The van der Waals surface area contributed by atoms with Crippen LogP contribution in [0, 0.1) is 16.7 Å². The molecule has 0 atom stereocenters. The van der Waals surface area contributed by atoms with E-state index >= 15 is 0 Å². The molecule has 1 fully saturated rings. The molecule has 0 aliphatic heterocycles. The van der Waals surface area contributed by atoms with Crippen molar-refractivity contribution in [2.45, 2.75) is 25.7 Å². The van der Waals surface area contributed by atoms with Crippen molar-refractivity contribution >= 4 is 17.5 Å². The summed E-state index contributed by atoms with van der Waals surface area (Å²) in [5.74, 6) is -0.418. The average Bonchev–Trinajstić information content (AvgIpc) is 2.89. The van der Waals surface area contributed by atoms with Crippen LogP contribution in [0.3, 0.4) is 0 Å². The van der Waals surface area contributed by atoms with Gasteiger partial charge in [-0.05, 0) is 31.0 Å². The predicted octanol–water partition coefficient (Wildman–Crippen LogP) is 2.86. The fraction of sp³-hybridized carbons (Fsp3) is 0.429. The average molecular weight is 279 g/mol. The standard InChI is InChI=1S/C14H15ClN2O2/c15-11-4-3-10(7-12(11)18)13(19)17-9-14(8-16)5-1-2-6-14/h3-4,7,18H,1-2,5-6,9H2,(H,17,19). The normalized spacial score (nSPS) is 16.8. The molecule has 0 bridgehead atoms. The summed E-state index contributed by atoms with van der Waals surface area (Å²) in [6, 6.07) is 6.66. The van der Waals surface area contributed by atoms with Gasteiger partial charge in [-0.3, -0.25) is 4.79 Å². The predicted molar refractivity (Wildman–Crippen MR) is 72.0 cm³/mol. The molecule has 1 aromatic rings. The van der Waals surface area contributed by atoms with Crippen LogP contribution in [0.1, 0.15) is 36.0 Å². The SMILES string of the molecule is N#CC1(CNC(=O)c2ccc(Cl)c(O)c2)CCCC1. The second-order valence-electron chi connectivity index (χ2n) is 4.95. The van der Waals surface area contributed by atoms with E-state index in [1.165, 1.54) is 12.1 Å². The molecule has 4 nitrogen and oxygen atoms in total. The van der Waals surface area contributed by atoms with Gasteiger partial charge in [-0.2, -0.15) is 5.26 Å². The highest BCUT2D eigenvalue weighted by Crippen LogP contribution is 2.36. The number of nitriles is 1. The third-order valence-corrected chi connectivity index (χ3v) is 3.91. The molecule has 5 heteroatoms. The number of nitrogens with one attached hydrogen (secondary N) is 1. The number of benzene rings is 1. The zero-order valence-corrected chi connectivity index (χ0v) is 11.2. The summed E-state index contributed by atoms with van der Waals surface area (Å²) in [4.78, 5) is 11.9. The Morgan fingerprint density at radius 3 is 2.74 bits per heavy atom. The van der Waals surface area contributed by atoms with Crippen molar-refractivity contribution in [1.82, 2.24) is 5.32 Å². The molecule has 1 aliphatic carbocycles. The monoisotopic (exact) mass is 278 g/mol. The summed E-state index contributed by atoms with van der Waals surface area (Å²) in [7, 11) is 0. The summed E-state index contributed by atoms with van der Waals surface area (Å²) in [6.45, 7) is 0.353. The smallest absolute Gasteiger partial charge is 0.251 e. The first-order valence-electron chi connectivity index (χ1n) is 6.24. The van der Waals surface area contributed by atoms with E-state index in [0.717, 1.165) is 25.7 Å². The Morgan fingerprint density at radius 2 is 2.16 bits per heavy atom. The topological polar surface area (TPSA) is 73.1 Å². The van der Waals surface area contributed by atoms with Crippen molar-refractivity contribution in [3.05, 3.63) is 28.8 Å². The van der Waals surface area contributed by atoms with Crippen molar-refractivity contribution in [1.29, 1.82) is 5.26 Å². The molecule has 0 spiro atoms. The van der Waals surface area contributed by atoms with Crippen molar-refractivity contribution in [2.75, 3.05) is 6.54 Å². The van der Waals surface area contributed by atoms with E-state index in [9.17, 15) is 15.2 Å². The Labute approximate surface area is 117 Å². The molecular weight excluding hydrogens is 264 g/mol. The number of hydrogen-bond donors (Lipinski definition) is 2. The van der Waals surface area contributed by atoms with Crippen LogP contribution < -0.4 is 5.32 Å². The molecule has 2 N–H and O–H groups in total. The van der Waals surface area contributed by atoms with Gasteiger partial charge >= 0.3 is 0 Å². The molecule has 0 saturated heterocycles. The summed E-state index contributed by atoms with van der Waals surface area (Å²) in [5.41, 5.74) is -0.0857. The third kappa shape index (κ3) is 2.99. The first-order valence-corrected chi connectivity index (χ1v) is 6.62.